The lowest BCUT2D eigenvalue weighted by molar-refractivity contribution is -0.0172. The van der Waals surface area contributed by atoms with Crippen LogP contribution in [-0.2, 0) is 18.9 Å². The molecule has 0 saturated heterocycles. The van der Waals surface area contributed by atoms with Crippen LogP contribution < -0.4 is 0 Å². The predicted molar refractivity (Wildman–Crippen MR) is 83.6 cm³/mol. The third-order valence-corrected chi connectivity index (χ3v) is 4.97. The number of hydrogen-bond acceptors (Lipinski definition) is 4. The van der Waals surface area contributed by atoms with Crippen molar-refractivity contribution in [3.05, 3.63) is 0 Å². The Morgan fingerprint density at radius 2 is 1.35 bits per heavy atom. The van der Waals surface area contributed by atoms with Gasteiger partial charge < -0.3 is 18.9 Å². The second-order valence-corrected chi connectivity index (χ2v) is 6.03. The minimum atomic E-state index is 0.363. The van der Waals surface area contributed by atoms with E-state index in [9.17, 15) is 0 Å². The number of methoxy groups -OCH3 is 1. The Morgan fingerprint density at radius 1 is 0.800 bits per heavy atom. The van der Waals surface area contributed by atoms with Gasteiger partial charge in [0.1, 0.15) is 0 Å². The van der Waals surface area contributed by atoms with Crippen molar-refractivity contribution in [3.8, 4) is 0 Å². The molecular formula is C15H29BrO4. The molecule has 1 saturated carbocycles. The number of rotatable bonds is 12. The van der Waals surface area contributed by atoms with Crippen LogP contribution in [0.3, 0.4) is 0 Å². The van der Waals surface area contributed by atoms with Crippen molar-refractivity contribution in [2.75, 3.05) is 58.7 Å². The highest BCUT2D eigenvalue weighted by Crippen LogP contribution is 2.37. The first-order chi connectivity index (χ1) is 9.83. The molecule has 0 heterocycles. The van der Waals surface area contributed by atoms with E-state index in [4.69, 9.17) is 18.9 Å². The fraction of sp³-hybridized carbons (Fsp3) is 1.00. The molecule has 1 fully saturated rings. The van der Waals surface area contributed by atoms with Gasteiger partial charge in [-0.05, 0) is 12.8 Å². The Labute approximate surface area is 131 Å². The second kappa shape index (κ2) is 11.9. The van der Waals surface area contributed by atoms with Crippen LogP contribution in [0.4, 0.5) is 0 Å². The minimum Gasteiger partial charge on any atom is -0.382 e. The summed E-state index contributed by atoms with van der Waals surface area (Å²) in [6.45, 7) is 4.68. The minimum absolute atomic E-state index is 0.363. The molecule has 4 nitrogen and oxygen atoms in total. The van der Waals surface area contributed by atoms with Gasteiger partial charge in [0, 0.05) is 17.9 Å². The summed E-state index contributed by atoms with van der Waals surface area (Å²) in [7, 11) is 1.67. The number of alkyl halides is 1. The Kier molecular flexibility index (Phi) is 11.0. The fourth-order valence-electron chi connectivity index (χ4n) is 2.49. The maximum absolute atomic E-state index is 5.80. The fourth-order valence-corrected chi connectivity index (χ4v) is 3.21. The maximum atomic E-state index is 5.80. The largest absolute Gasteiger partial charge is 0.382 e. The van der Waals surface area contributed by atoms with Gasteiger partial charge in [0.05, 0.1) is 46.2 Å². The van der Waals surface area contributed by atoms with Crippen LogP contribution in [-0.4, -0.2) is 58.7 Å². The molecule has 20 heavy (non-hydrogen) atoms. The lowest BCUT2D eigenvalue weighted by Gasteiger charge is -2.35. The van der Waals surface area contributed by atoms with Crippen molar-refractivity contribution in [1.82, 2.24) is 0 Å². The molecular weight excluding hydrogens is 324 g/mol. The maximum Gasteiger partial charge on any atom is 0.0701 e. The molecule has 0 spiro atoms. The van der Waals surface area contributed by atoms with E-state index in [-0.39, 0.29) is 0 Å². The zero-order valence-corrected chi connectivity index (χ0v) is 14.3. The summed E-state index contributed by atoms with van der Waals surface area (Å²) in [5.41, 5.74) is 0.363. The highest BCUT2D eigenvalue weighted by molar-refractivity contribution is 9.09. The standard InChI is InChI=1S/C15H29BrO4/c1-17-7-8-18-9-10-19-11-12-20-14-15(13-16)5-3-2-4-6-15/h2-14H2,1H3. The van der Waals surface area contributed by atoms with Gasteiger partial charge in [-0.15, -0.1) is 0 Å². The van der Waals surface area contributed by atoms with Gasteiger partial charge in [-0.25, -0.2) is 0 Å². The van der Waals surface area contributed by atoms with Crippen LogP contribution in [0.1, 0.15) is 32.1 Å². The molecule has 0 atom stereocenters. The van der Waals surface area contributed by atoms with E-state index in [1.165, 1.54) is 32.1 Å². The summed E-state index contributed by atoms with van der Waals surface area (Å²) < 4.78 is 21.5. The molecule has 0 radical (unpaired) electrons. The van der Waals surface area contributed by atoms with E-state index in [2.05, 4.69) is 15.9 Å². The van der Waals surface area contributed by atoms with Crippen LogP contribution in [0.5, 0.6) is 0 Å². The van der Waals surface area contributed by atoms with E-state index >= 15 is 0 Å². The van der Waals surface area contributed by atoms with Crippen molar-refractivity contribution >= 4 is 15.9 Å². The molecule has 1 aliphatic carbocycles. The third kappa shape index (κ3) is 7.93. The van der Waals surface area contributed by atoms with E-state index in [1.807, 2.05) is 0 Å². The summed E-state index contributed by atoms with van der Waals surface area (Å²) in [5.74, 6) is 0. The average molecular weight is 353 g/mol. The molecule has 5 heteroatoms. The van der Waals surface area contributed by atoms with Crippen molar-refractivity contribution in [2.24, 2.45) is 5.41 Å². The van der Waals surface area contributed by atoms with E-state index in [1.54, 1.807) is 7.11 Å². The van der Waals surface area contributed by atoms with Crippen LogP contribution >= 0.6 is 15.9 Å². The second-order valence-electron chi connectivity index (χ2n) is 5.46. The molecule has 0 unspecified atom stereocenters. The van der Waals surface area contributed by atoms with Crippen molar-refractivity contribution < 1.29 is 18.9 Å². The van der Waals surface area contributed by atoms with Gasteiger partial charge in [0.2, 0.25) is 0 Å². The SMILES string of the molecule is COCCOCCOCCOCC1(CBr)CCCCC1. The van der Waals surface area contributed by atoms with Gasteiger partial charge in [-0.3, -0.25) is 0 Å². The van der Waals surface area contributed by atoms with Crippen molar-refractivity contribution in [1.29, 1.82) is 0 Å². The highest BCUT2D eigenvalue weighted by Gasteiger charge is 2.30. The summed E-state index contributed by atoms with van der Waals surface area (Å²) in [6, 6.07) is 0. The van der Waals surface area contributed by atoms with Gasteiger partial charge in [0.15, 0.2) is 0 Å². The third-order valence-electron chi connectivity index (χ3n) is 3.78. The lowest BCUT2D eigenvalue weighted by atomic mass is 9.76. The van der Waals surface area contributed by atoms with E-state index in [0.717, 1.165) is 11.9 Å². The Balaban J connectivity index is 1.91. The van der Waals surface area contributed by atoms with Gasteiger partial charge in [0.25, 0.3) is 0 Å². The number of ether oxygens (including phenoxy) is 4. The summed E-state index contributed by atoms with van der Waals surface area (Å²) in [4.78, 5) is 0. The molecule has 0 aliphatic heterocycles. The van der Waals surface area contributed by atoms with E-state index in [0.29, 0.717) is 45.1 Å². The number of halogens is 1. The smallest absolute Gasteiger partial charge is 0.0701 e. The Hall–Kier alpha value is 0.320. The zero-order valence-electron chi connectivity index (χ0n) is 12.7. The molecule has 0 amide bonds. The molecule has 0 N–H and O–H groups in total. The summed E-state index contributed by atoms with van der Waals surface area (Å²) in [5, 5.41) is 1.05. The van der Waals surface area contributed by atoms with Crippen molar-refractivity contribution in [2.45, 2.75) is 32.1 Å². The predicted octanol–water partition coefficient (Wildman–Crippen LogP) is 3.03. The Morgan fingerprint density at radius 3 is 1.90 bits per heavy atom. The first kappa shape index (κ1) is 18.4. The highest BCUT2D eigenvalue weighted by atomic mass is 79.9. The first-order valence-corrected chi connectivity index (χ1v) is 8.73. The van der Waals surface area contributed by atoms with Crippen molar-refractivity contribution in [3.63, 3.8) is 0 Å². The summed E-state index contributed by atoms with van der Waals surface area (Å²) in [6.07, 6.45) is 6.62. The van der Waals surface area contributed by atoms with Crippen LogP contribution in [0.25, 0.3) is 0 Å². The quantitative estimate of drug-likeness (QED) is 0.399. The number of hydrogen-bond donors (Lipinski definition) is 0. The first-order valence-electron chi connectivity index (χ1n) is 7.61. The Bertz CT molecular complexity index is 220. The molecule has 0 aromatic carbocycles. The van der Waals surface area contributed by atoms with Gasteiger partial charge in [-0.2, -0.15) is 0 Å². The lowest BCUT2D eigenvalue weighted by Crippen LogP contribution is -2.32. The summed E-state index contributed by atoms with van der Waals surface area (Å²) >= 11 is 3.65. The topological polar surface area (TPSA) is 36.9 Å². The average Bonchev–Trinajstić information content (AvgIpc) is 2.50. The molecule has 0 bridgehead atoms. The van der Waals surface area contributed by atoms with Gasteiger partial charge in [-0.1, -0.05) is 35.2 Å². The van der Waals surface area contributed by atoms with Crippen LogP contribution in [0.15, 0.2) is 0 Å². The zero-order chi connectivity index (χ0) is 14.5. The van der Waals surface area contributed by atoms with Crippen LogP contribution in [0.2, 0.25) is 0 Å². The van der Waals surface area contributed by atoms with Gasteiger partial charge >= 0.3 is 0 Å². The molecule has 120 valence electrons. The monoisotopic (exact) mass is 352 g/mol. The normalized spacial score (nSPS) is 18.3. The molecule has 0 aromatic heterocycles. The molecule has 1 rings (SSSR count). The molecule has 0 aromatic rings. The van der Waals surface area contributed by atoms with Crippen LogP contribution in [0, 0.1) is 5.41 Å². The van der Waals surface area contributed by atoms with E-state index < -0.39 is 0 Å². The molecule has 1 aliphatic rings.